The molecule has 7 rings (SSSR count). The summed E-state index contributed by atoms with van der Waals surface area (Å²) in [6.45, 7) is 0.514. The third-order valence-electron chi connectivity index (χ3n) is 11.1. The molecule has 0 saturated heterocycles. The average Bonchev–Trinajstić information content (AvgIpc) is 3.11. The second kappa shape index (κ2) is 8.96. The number of amides is 1. The van der Waals surface area contributed by atoms with Crippen LogP contribution in [0.2, 0.25) is 0 Å². The van der Waals surface area contributed by atoms with Gasteiger partial charge in [-0.25, -0.2) is 4.98 Å². The third-order valence-corrected chi connectivity index (χ3v) is 11.1. The van der Waals surface area contributed by atoms with Crippen molar-refractivity contribution < 1.29 is 4.79 Å². The van der Waals surface area contributed by atoms with Gasteiger partial charge in [-0.2, -0.15) is 0 Å². The third kappa shape index (κ3) is 4.00. The molecular weight excluding hydrogens is 442 g/mol. The van der Waals surface area contributed by atoms with Crippen molar-refractivity contribution in [2.24, 2.45) is 34.5 Å². The lowest BCUT2D eigenvalue weighted by Gasteiger charge is -2.60. The highest BCUT2D eigenvalue weighted by molar-refractivity contribution is 5.76. The second-order valence-electron chi connectivity index (χ2n) is 13.3. The van der Waals surface area contributed by atoms with E-state index in [1.165, 1.54) is 77.0 Å². The molecule has 190 valence electrons. The van der Waals surface area contributed by atoms with Crippen LogP contribution in [0, 0.1) is 34.5 Å². The Bertz CT molecular complexity index is 1120. The van der Waals surface area contributed by atoms with Crippen molar-refractivity contribution in [3.8, 4) is 11.3 Å². The Hall–Kier alpha value is -2.23. The number of rotatable bonds is 7. The van der Waals surface area contributed by atoms with Gasteiger partial charge < -0.3 is 5.32 Å². The predicted molar refractivity (Wildman–Crippen MR) is 142 cm³/mol. The second-order valence-corrected chi connectivity index (χ2v) is 13.3. The van der Waals surface area contributed by atoms with Gasteiger partial charge in [0, 0.05) is 12.0 Å². The van der Waals surface area contributed by atoms with Gasteiger partial charge in [0.15, 0.2) is 0 Å². The molecule has 5 aliphatic rings. The van der Waals surface area contributed by atoms with E-state index in [0.717, 1.165) is 46.8 Å². The molecule has 1 spiro atoms. The van der Waals surface area contributed by atoms with E-state index in [1.807, 2.05) is 6.20 Å². The van der Waals surface area contributed by atoms with Crippen molar-refractivity contribution in [2.75, 3.05) is 0 Å². The standard InChI is InChI=1S/C32H41N3O/c36-30(13-22-7-3-1-4-8-22)34-20-29-27(35-28(19-33-29)24-9-5-2-6-10-24)18-31-15-23-11-12-25-14-26(17-31)32(25,16-23)21-31/h2,5-6,9-10,19,22-23,25-26H,1,3-4,7-8,11-18,20-21H2,(H,34,36). The van der Waals surface area contributed by atoms with Gasteiger partial charge in [-0.15, -0.1) is 0 Å². The maximum Gasteiger partial charge on any atom is 0.220 e. The Balaban J connectivity index is 1.13. The number of nitrogens with zero attached hydrogens (tertiary/aromatic N) is 2. The van der Waals surface area contributed by atoms with Crippen molar-refractivity contribution in [1.82, 2.24) is 15.3 Å². The molecule has 5 unspecified atom stereocenters. The van der Waals surface area contributed by atoms with Crippen LogP contribution in [0.4, 0.5) is 0 Å². The van der Waals surface area contributed by atoms with Crippen LogP contribution in [0.1, 0.15) is 94.9 Å². The molecule has 1 amide bonds. The van der Waals surface area contributed by atoms with E-state index in [2.05, 4.69) is 35.6 Å². The van der Waals surface area contributed by atoms with Crippen molar-refractivity contribution in [1.29, 1.82) is 0 Å². The van der Waals surface area contributed by atoms with E-state index in [1.54, 1.807) is 0 Å². The molecular formula is C32H41N3O. The van der Waals surface area contributed by atoms with E-state index in [-0.39, 0.29) is 5.91 Å². The number of hydrogen-bond donors (Lipinski definition) is 1. The molecule has 2 aromatic rings. The van der Waals surface area contributed by atoms with E-state index in [4.69, 9.17) is 9.97 Å². The number of hydrogen-bond acceptors (Lipinski definition) is 3. The Morgan fingerprint density at radius 1 is 0.944 bits per heavy atom. The Labute approximate surface area is 216 Å². The van der Waals surface area contributed by atoms with Crippen LogP contribution in [0.25, 0.3) is 11.3 Å². The quantitative estimate of drug-likeness (QED) is 0.467. The van der Waals surface area contributed by atoms with E-state index in [0.29, 0.717) is 29.7 Å². The monoisotopic (exact) mass is 483 g/mol. The van der Waals surface area contributed by atoms with Crippen LogP contribution in [-0.4, -0.2) is 15.9 Å². The smallest absolute Gasteiger partial charge is 0.220 e. The van der Waals surface area contributed by atoms with Crippen LogP contribution in [0.3, 0.4) is 0 Å². The van der Waals surface area contributed by atoms with Gasteiger partial charge >= 0.3 is 0 Å². The van der Waals surface area contributed by atoms with Gasteiger partial charge in [-0.1, -0.05) is 56.0 Å². The predicted octanol–water partition coefficient (Wildman–Crippen LogP) is 6.88. The van der Waals surface area contributed by atoms with Crippen LogP contribution in [0.15, 0.2) is 36.5 Å². The molecule has 5 aliphatic carbocycles. The molecule has 5 atom stereocenters. The maximum absolute atomic E-state index is 12.8. The highest BCUT2D eigenvalue weighted by Crippen LogP contribution is 2.77. The first kappa shape index (κ1) is 22.9. The zero-order valence-electron chi connectivity index (χ0n) is 21.7. The SMILES string of the molecule is O=C(CC1CCCCC1)NCc1ncc(-c2ccccc2)nc1CC12CC3CCC4CC(C1)C4(C3)C2. The van der Waals surface area contributed by atoms with Gasteiger partial charge in [0.2, 0.25) is 5.91 Å². The summed E-state index contributed by atoms with van der Waals surface area (Å²) in [4.78, 5) is 23.0. The van der Waals surface area contributed by atoms with Gasteiger partial charge in [0.05, 0.1) is 29.8 Å². The lowest BCUT2D eigenvalue weighted by Crippen LogP contribution is -2.51. The summed E-state index contributed by atoms with van der Waals surface area (Å²) in [5, 5.41) is 3.24. The van der Waals surface area contributed by atoms with Crippen LogP contribution < -0.4 is 5.32 Å². The molecule has 1 N–H and O–H groups in total. The average molecular weight is 484 g/mol. The molecule has 0 radical (unpaired) electrons. The van der Waals surface area contributed by atoms with E-state index >= 15 is 0 Å². The first-order valence-corrected chi connectivity index (χ1v) is 14.8. The molecule has 5 saturated carbocycles. The maximum atomic E-state index is 12.8. The first-order chi connectivity index (χ1) is 17.6. The lowest BCUT2D eigenvalue weighted by atomic mass is 9.45. The fourth-order valence-corrected chi connectivity index (χ4v) is 9.64. The number of carbonyl (C=O) groups excluding carboxylic acids is 1. The highest BCUT2D eigenvalue weighted by atomic mass is 16.1. The summed E-state index contributed by atoms with van der Waals surface area (Å²) in [5.41, 5.74) is 5.29. The van der Waals surface area contributed by atoms with Crippen molar-refractivity contribution in [3.05, 3.63) is 47.9 Å². The van der Waals surface area contributed by atoms with Gasteiger partial charge in [0.25, 0.3) is 0 Å². The Morgan fingerprint density at radius 2 is 1.81 bits per heavy atom. The summed E-state index contributed by atoms with van der Waals surface area (Å²) in [5.74, 6) is 3.63. The zero-order valence-corrected chi connectivity index (χ0v) is 21.7. The highest BCUT2D eigenvalue weighted by Gasteiger charge is 2.68. The number of aromatic nitrogens is 2. The van der Waals surface area contributed by atoms with Gasteiger partial charge in [-0.05, 0) is 92.3 Å². The summed E-state index contributed by atoms with van der Waals surface area (Å²) in [6.07, 6.45) is 20.0. The summed E-state index contributed by atoms with van der Waals surface area (Å²) >= 11 is 0. The molecule has 4 heteroatoms. The van der Waals surface area contributed by atoms with Crippen molar-refractivity contribution in [3.63, 3.8) is 0 Å². The van der Waals surface area contributed by atoms with Crippen molar-refractivity contribution >= 4 is 5.91 Å². The fourth-order valence-electron chi connectivity index (χ4n) is 9.64. The van der Waals surface area contributed by atoms with E-state index < -0.39 is 0 Å². The molecule has 36 heavy (non-hydrogen) atoms. The molecule has 1 aromatic heterocycles. The lowest BCUT2D eigenvalue weighted by molar-refractivity contribution is -0.122. The molecule has 5 fully saturated rings. The summed E-state index contributed by atoms with van der Waals surface area (Å²) in [6, 6.07) is 10.5. The molecule has 3 bridgehead atoms. The largest absolute Gasteiger partial charge is 0.350 e. The Morgan fingerprint density at radius 3 is 2.67 bits per heavy atom. The minimum atomic E-state index is 0.188. The van der Waals surface area contributed by atoms with Crippen LogP contribution in [-0.2, 0) is 17.8 Å². The first-order valence-electron chi connectivity index (χ1n) is 14.8. The minimum absolute atomic E-state index is 0.188. The minimum Gasteiger partial charge on any atom is -0.350 e. The van der Waals surface area contributed by atoms with Crippen molar-refractivity contribution in [2.45, 2.75) is 96.4 Å². The fraction of sp³-hybridized carbons (Fsp3) is 0.656. The molecule has 1 heterocycles. The van der Waals surface area contributed by atoms with Crippen LogP contribution in [0.5, 0.6) is 0 Å². The number of fused-ring (bicyclic) bond motifs is 2. The Kier molecular flexibility index (Phi) is 5.70. The van der Waals surface area contributed by atoms with Crippen LogP contribution >= 0.6 is 0 Å². The molecule has 0 aliphatic heterocycles. The topological polar surface area (TPSA) is 54.9 Å². The number of carbonyl (C=O) groups is 1. The number of nitrogens with one attached hydrogen (secondary N) is 1. The van der Waals surface area contributed by atoms with E-state index in [9.17, 15) is 4.79 Å². The molecule has 4 nitrogen and oxygen atoms in total. The van der Waals surface area contributed by atoms with Gasteiger partial charge in [0.1, 0.15) is 0 Å². The normalized spacial score (nSPS) is 34.7. The van der Waals surface area contributed by atoms with Gasteiger partial charge in [-0.3, -0.25) is 9.78 Å². The zero-order chi connectivity index (χ0) is 24.2. The number of benzene rings is 1. The summed E-state index contributed by atoms with van der Waals surface area (Å²) < 4.78 is 0. The summed E-state index contributed by atoms with van der Waals surface area (Å²) in [7, 11) is 0. The molecule has 1 aromatic carbocycles.